The van der Waals surface area contributed by atoms with E-state index < -0.39 is 0 Å². The fraction of sp³-hybridized carbons (Fsp3) is 0.458. The summed E-state index contributed by atoms with van der Waals surface area (Å²) >= 11 is 3.67. The van der Waals surface area contributed by atoms with Gasteiger partial charge in [0.25, 0.3) is 0 Å². The maximum Gasteiger partial charge on any atom is 0.233 e. The van der Waals surface area contributed by atoms with E-state index in [-0.39, 0.29) is 5.91 Å². The summed E-state index contributed by atoms with van der Waals surface area (Å²) in [5, 5.41) is 4.02. The number of carbonyl (C=O) groups excluding carboxylic acids is 1. The molecule has 3 heterocycles. The van der Waals surface area contributed by atoms with E-state index in [2.05, 4.69) is 39.4 Å². The molecule has 0 saturated carbocycles. The van der Waals surface area contributed by atoms with Crippen molar-refractivity contribution in [1.82, 2.24) is 20.2 Å². The van der Waals surface area contributed by atoms with Crippen molar-refractivity contribution in [2.24, 2.45) is 0 Å². The third-order valence-electron chi connectivity index (χ3n) is 6.27. The van der Waals surface area contributed by atoms with Crippen LogP contribution in [-0.4, -0.2) is 60.5 Å². The molecule has 1 N–H and O–H groups in total. The second kappa shape index (κ2) is 9.77. The normalized spacial score (nSPS) is 16.8. The van der Waals surface area contributed by atoms with Gasteiger partial charge in [-0.2, -0.15) is 0 Å². The van der Waals surface area contributed by atoms with E-state index in [1.165, 1.54) is 40.0 Å². The van der Waals surface area contributed by atoms with Gasteiger partial charge in [0.15, 0.2) is 0 Å². The smallest absolute Gasteiger partial charge is 0.233 e. The number of aromatic nitrogens is 2. The molecule has 2 aliphatic rings. The van der Waals surface area contributed by atoms with Gasteiger partial charge in [0.2, 0.25) is 5.91 Å². The Labute approximate surface area is 197 Å². The zero-order valence-electron chi connectivity index (χ0n) is 18.5. The first-order valence-electron chi connectivity index (χ1n) is 11.4. The highest BCUT2D eigenvalue weighted by molar-refractivity contribution is 7.98. The minimum atomic E-state index is 0.0787. The number of hydrogen-bond acceptors (Lipinski definition) is 7. The maximum absolute atomic E-state index is 11.8. The number of thiophene rings is 1. The first-order chi connectivity index (χ1) is 15.7. The van der Waals surface area contributed by atoms with E-state index >= 15 is 0 Å². The van der Waals surface area contributed by atoms with Crippen LogP contribution in [0.1, 0.15) is 29.1 Å². The van der Waals surface area contributed by atoms with Gasteiger partial charge in [-0.15, -0.1) is 23.1 Å². The van der Waals surface area contributed by atoms with Crippen LogP contribution < -0.4 is 10.2 Å². The van der Waals surface area contributed by atoms with Crippen molar-refractivity contribution in [3.8, 4) is 0 Å². The van der Waals surface area contributed by atoms with Crippen LogP contribution in [0.5, 0.6) is 0 Å². The number of rotatable bonds is 6. The van der Waals surface area contributed by atoms with Crippen LogP contribution in [0.3, 0.4) is 0 Å². The van der Waals surface area contributed by atoms with Gasteiger partial charge < -0.3 is 10.2 Å². The second-order valence-corrected chi connectivity index (χ2v) is 10.5. The standard InChI is InChI=1S/C24H29N5OS2/c1-25-21(30)15-28-11-13-29(14-12-28)23-22-18-9-5-6-10-19(18)32-24(22)27-20(26-23)16-31-17-7-3-2-4-8-17/h2-4,7-8H,5-6,9-16H2,1H3,(H,25,30). The third-order valence-corrected chi connectivity index (χ3v) is 8.46. The Kier molecular flexibility index (Phi) is 6.62. The number of thioether (sulfide) groups is 1. The van der Waals surface area contributed by atoms with Crippen LogP contribution in [0.25, 0.3) is 10.2 Å². The quantitative estimate of drug-likeness (QED) is 0.558. The van der Waals surface area contributed by atoms with E-state index in [0.29, 0.717) is 6.54 Å². The Bertz CT molecular complexity index is 1090. The fourth-order valence-corrected chi connectivity index (χ4v) is 6.59. The van der Waals surface area contributed by atoms with Gasteiger partial charge >= 0.3 is 0 Å². The van der Waals surface area contributed by atoms with Crippen LogP contribution in [0.4, 0.5) is 5.82 Å². The Morgan fingerprint density at radius 3 is 2.66 bits per heavy atom. The van der Waals surface area contributed by atoms with Crippen molar-refractivity contribution in [2.45, 2.75) is 36.3 Å². The molecule has 8 heteroatoms. The number of likely N-dealkylation sites (N-methyl/N-ethyl adjacent to an activating group) is 1. The summed E-state index contributed by atoms with van der Waals surface area (Å²) in [6, 6.07) is 10.5. The molecule has 6 nitrogen and oxygen atoms in total. The average Bonchev–Trinajstić information content (AvgIpc) is 3.22. The molecule has 0 unspecified atom stereocenters. The van der Waals surface area contributed by atoms with Gasteiger partial charge in [0.1, 0.15) is 16.5 Å². The van der Waals surface area contributed by atoms with Gasteiger partial charge in [-0.3, -0.25) is 9.69 Å². The molecule has 1 amide bonds. The monoisotopic (exact) mass is 467 g/mol. The molecule has 5 rings (SSSR count). The molecule has 0 spiro atoms. The first kappa shape index (κ1) is 21.7. The molecule has 1 aromatic carbocycles. The summed E-state index contributed by atoms with van der Waals surface area (Å²) in [5.41, 5.74) is 1.49. The Morgan fingerprint density at radius 1 is 1.09 bits per heavy atom. The highest BCUT2D eigenvalue weighted by atomic mass is 32.2. The molecule has 0 radical (unpaired) electrons. The van der Waals surface area contributed by atoms with Gasteiger partial charge in [-0.05, 0) is 43.4 Å². The molecular formula is C24H29N5OS2. The number of carbonyl (C=O) groups is 1. The summed E-state index contributed by atoms with van der Waals surface area (Å²) in [5.74, 6) is 2.87. The minimum absolute atomic E-state index is 0.0787. The predicted molar refractivity (Wildman–Crippen MR) is 133 cm³/mol. The molecular weight excluding hydrogens is 438 g/mol. The molecule has 168 valence electrons. The number of aryl methyl sites for hydroxylation is 2. The summed E-state index contributed by atoms with van der Waals surface area (Å²) in [7, 11) is 1.70. The molecule has 3 aromatic rings. The molecule has 1 fully saturated rings. The Morgan fingerprint density at radius 2 is 1.88 bits per heavy atom. The summed E-state index contributed by atoms with van der Waals surface area (Å²) in [6.07, 6.45) is 4.84. The number of hydrogen-bond donors (Lipinski definition) is 1. The zero-order valence-corrected chi connectivity index (χ0v) is 20.1. The lowest BCUT2D eigenvalue weighted by molar-refractivity contribution is -0.121. The van der Waals surface area contributed by atoms with Gasteiger partial charge in [-0.25, -0.2) is 9.97 Å². The summed E-state index contributed by atoms with van der Waals surface area (Å²) in [6.45, 7) is 3.99. The molecule has 1 aliphatic heterocycles. The molecule has 2 aromatic heterocycles. The topological polar surface area (TPSA) is 61.4 Å². The predicted octanol–water partition coefficient (Wildman–Crippen LogP) is 3.73. The van der Waals surface area contributed by atoms with Crippen molar-refractivity contribution < 1.29 is 4.79 Å². The lowest BCUT2D eigenvalue weighted by atomic mass is 9.97. The highest BCUT2D eigenvalue weighted by Gasteiger charge is 2.26. The fourth-order valence-electron chi connectivity index (χ4n) is 4.54. The van der Waals surface area contributed by atoms with E-state index in [9.17, 15) is 4.79 Å². The summed E-state index contributed by atoms with van der Waals surface area (Å²) < 4.78 is 0. The molecule has 1 saturated heterocycles. The van der Waals surface area contributed by atoms with Crippen LogP contribution in [-0.2, 0) is 23.4 Å². The molecule has 1 aliphatic carbocycles. The third kappa shape index (κ3) is 4.63. The Hall–Kier alpha value is -2.16. The SMILES string of the molecule is CNC(=O)CN1CCN(c2nc(CSc3ccccc3)nc3sc4c(c23)CCCC4)CC1. The van der Waals surface area contributed by atoms with Gasteiger partial charge in [-0.1, -0.05) is 18.2 Å². The largest absolute Gasteiger partial charge is 0.358 e. The number of piperazine rings is 1. The molecule has 0 atom stereocenters. The lowest BCUT2D eigenvalue weighted by Crippen LogP contribution is -2.49. The van der Waals surface area contributed by atoms with E-state index in [1.807, 2.05) is 17.4 Å². The number of nitrogens with one attached hydrogen (secondary N) is 1. The van der Waals surface area contributed by atoms with Crippen LogP contribution >= 0.6 is 23.1 Å². The molecule has 32 heavy (non-hydrogen) atoms. The van der Waals surface area contributed by atoms with Gasteiger partial charge in [0, 0.05) is 43.0 Å². The Balaban J connectivity index is 1.43. The first-order valence-corrected chi connectivity index (χ1v) is 13.2. The van der Waals surface area contributed by atoms with E-state index in [1.54, 1.807) is 18.8 Å². The average molecular weight is 468 g/mol. The number of nitrogens with zero attached hydrogens (tertiary/aromatic N) is 4. The minimum Gasteiger partial charge on any atom is -0.358 e. The van der Waals surface area contributed by atoms with Crippen molar-refractivity contribution >= 4 is 45.0 Å². The number of fused-ring (bicyclic) bond motifs is 3. The van der Waals surface area contributed by atoms with Crippen LogP contribution in [0.2, 0.25) is 0 Å². The second-order valence-electron chi connectivity index (χ2n) is 8.39. The number of benzene rings is 1. The van der Waals surface area contributed by atoms with E-state index in [4.69, 9.17) is 9.97 Å². The molecule has 0 bridgehead atoms. The van der Waals surface area contributed by atoms with Gasteiger partial charge in [0.05, 0.1) is 17.7 Å². The highest BCUT2D eigenvalue weighted by Crippen LogP contribution is 2.40. The van der Waals surface area contributed by atoms with Crippen molar-refractivity contribution in [3.05, 3.63) is 46.6 Å². The van der Waals surface area contributed by atoms with Crippen molar-refractivity contribution in [1.29, 1.82) is 0 Å². The zero-order chi connectivity index (χ0) is 21.9. The maximum atomic E-state index is 11.8. The van der Waals surface area contributed by atoms with E-state index in [0.717, 1.165) is 54.8 Å². The van der Waals surface area contributed by atoms with Crippen LogP contribution in [0, 0.1) is 0 Å². The van der Waals surface area contributed by atoms with Crippen molar-refractivity contribution in [3.63, 3.8) is 0 Å². The van der Waals surface area contributed by atoms with Crippen molar-refractivity contribution in [2.75, 3.05) is 44.7 Å². The number of amides is 1. The number of anilines is 1. The van der Waals surface area contributed by atoms with Crippen LogP contribution in [0.15, 0.2) is 35.2 Å². The summed E-state index contributed by atoms with van der Waals surface area (Å²) in [4.78, 5) is 30.5. The lowest BCUT2D eigenvalue weighted by Gasteiger charge is -2.35.